The van der Waals surface area contributed by atoms with E-state index in [1.54, 1.807) is 37.3 Å². The van der Waals surface area contributed by atoms with E-state index in [4.69, 9.17) is 11.6 Å². The molecule has 0 aliphatic carbocycles. The number of H-pyrrole nitrogens is 1. The van der Waals surface area contributed by atoms with E-state index in [9.17, 15) is 14.0 Å². The zero-order valence-electron chi connectivity index (χ0n) is 15.6. The predicted molar refractivity (Wildman–Crippen MR) is 115 cm³/mol. The third-order valence-corrected chi connectivity index (χ3v) is 5.44. The molecule has 2 heterocycles. The van der Waals surface area contributed by atoms with Crippen molar-refractivity contribution in [3.8, 4) is 5.69 Å². The number of anilines is 1. The van der Waals surface area contributed by atoms with Crippen molar-refractivity contribution in [3.05, 3.63) is 75.9 Å². The summed E-state index contributed by atoms with van der Waals surface area (Å²) in [6.07, 6.45) is 1.43. The molecule has 0 spiro atoms. The number of benzene rings is 2. The Morgan fingerprint density at radius 3 is 2.83 bits per heavy atom. The van der Waals surface area contributed by atoms with Crippen molar-refractivity contribution in [1.82, 2.24) is 19.7 Å². The number of nitrogens with one attached hydrogen (secondary N) is 2. The Labute approximate surface area is 179 Å². The molecule has 0 saturated carbocycles. The van der Waals surface area contributed by atoms with Gasteiger partial charge in [0, 0.05) is 10.7 Å². The lowest BCUT2D eigenvalue weighted by Gasteiger charge is -2.11. The molecule has 0 bridgehead atoms. The molecule has 4 aromatic rings. The molecule has 152 valence electrons. The molecule has 1 amide bonds. The van der Waals surface area contributed by atoms with Crippen LogP contribution in [0.3, 0.4) is 0 Å². The Bertz CT molecular complexity index is 1310. The number of carbonyl (C=O) groups is 1. The number of thioether (sulfide) groups is 1. The van der Waals surface area contributed by atoms with Crippen molar-refractivity contribution in [2.45, 2.75) is 17.3 Å². The van der Waals surface area contributed by atoms with E-state index < -0.39 is 11.1 Å². The molecule has 2 aromatic carbocycles. The highest BCUT2D eigenvalue weighted by atomic mass is 35.5. The molecule has 2 aromatic heterocycles. The van der Waals surface area contributed by atoms with Gasteiger partial charge in [-0.25, -0.2) is 14.1 Å². The second kappa shape index (κ2) is 8.29. The summed E-state index contributed by atoms with van der Waals surface area (Å²) in [5.74, 6) is -0.796. The minimum absolute atomic E-state index is 0.262. The number of aromatic amines is 1. The van der Waals surface area contributed by atoms with Crippen LogP contribution in [0.2, 0.25) is 5.02 Å². The van der Waals surface area contributed by atoms with E-state index in [-0.39, 0.29) is 16.6 Å². The predicted octanol–water partition coefficient (Wildman–Crippen LogP) is 4.02. The van der Waals surface area contributed by atoms with E-state index in [0.717, 1.165) is 11.8 Å². The molecule has 4 rings (SSSR count). The Hall–Kier alpha value is -3.17. The van der Waals surface area contributed by atoms with Gasteiger partial charge in [-0.05, 0) is 43.3 Å². The van der Waals surface area contributed by atoms with Gasteiger partial charge < -0.3 is 10.3 Å². The highest BCUT2D eigenvalue weighted by Crippen LogP contribution is 2.23. The topological polar surface area (TPSA) is 92.7 Å². The van der Waals surface area contributed by atoms with E-state index in [0.29, 0.717) is 27.4 Å². The van der Waals surface area contributed by atoms with Gasteiger partial charge in [0.2, 0.25) is 5.91 Å². The van der Waals surface area contributed by atoms with Crippen LogP contribution in [0.5, 0.6) is 0 Å². The maximum atomic E-state index is 13.3. The highest BCUT2D eigenvalue weighted by molar-refractivity contribution is 8.00. The second-order valence-electron chi connectivity index (χ2n) is 6.40. The molecular weight excluding hydrogens is 429 g/mol. The monoisotopic (exact) mass is 443 g/mol. The Morgan fingerprint density at radius 1 is 1.27 bits per heavy atom. The van der Waals surface area contributed by atoms with Gasteiger partial charge in [-0.15, -0.1) is 0 Å². The van der Waals surface area contributed by atoms with Gasteiger partial charge in [0.05, 0.1) is 17.1 Å². The molecule has 30 heavy (non-hydrogen) atoms. The molecule has 0 saturated heterocycles. The number of halogens is 2. The third-order valence-electron chi connectivity index (χ3n) is 4.22. The number of nitrogens with zero attached hydrogens (tertiary/aromatic N) is 3. The first-order valence-corrected chi connectivity index (χ1v) is 10.1. The molecular formula is C20H15ClFN5O2S. The first-order valence-electron chi connectivity index (χ1n) is 8.88. The quantitative estimate of drug-likeness (QED) is 0.359. The number of aromatic nitrogens is 4. The summed E-state index contributed by atoms with van der Waals surface area (Å²) in [7, 11) is 0. The van der Waals surface area contributed by atoms with Gasteiger partial charge >= 0.3 is 0 Å². The van der Waals surface area contributed by atoms with Crippen LogP contribution in [-0.4, -0.2) is 30.9 Å². The normalized spacial score (nSPS) is 12.1. The summed E-state index contributed by atoms with van der Waals surface area (Å²) in [4.78, 5) is 32.0. The standard InChI is InChI=1S/C20H15ClFN5O2S/c1-11(18(28)24-14-6-3-5-13(22)9-14)30-20-25-17-16(19(29)26-20)10-23-27(17)15-7-2-4-12(21)8-15/h2-11H,1H3,(H,24,28)(H,25,26,29)/t11-/m0/s1. The minimum Gasteiger partial charge on any atom is -0.325 e. The maximum absolute atomic E-state index is 13.3. The fraction of sp³-hybridized carbons (Fsp3) is 0.100. The van der Waals surface area contributed by atoms with Crippen LogP contribution in [0.1, 0.15) is 6.92 Å². The largest absolute Gasteiger partial charge is 0.325 e. The van der Waals surface area contributed by atoms with E-state index >= 15 is 0 Å². The van der Waals surface area contributed by atoms with Gasteiger partial charge in [-0.1, -0.05) is 35.5 Å². The first-order chi connectivity index (χ1) is 14.4. The summed E-state index contributed by atoms with van der Waals surface area (Å²) < 4.78 is 14.8. The SMILES string of the molecule is C[C@H](Sc1nc2c(cnn2-c2cccc(Cl)c2)c(=O)[nH]1)C(=O)Nc1cccc(F)c1. The van der Waals surface area contributed by atoms with Crippen LogP contribution < -0.4 is 10.9 Å². The third kappa shape index (κ3) is 4.22. The van der Waals surface area contributed by atoms with Crippen molar-refractivity contribution in [2.75, 3.05) is 5.32 Å². The van der Waals surface area contributed by atoms with Gasteiger partial charge in [0.1, 0.15) is 11.2 Å². The molecule has 0 aliphatic rings. The lowest BCUT2D eigenvalue weighted by Crippen LogP contribution is -2.23. The van der Waals surface area contributed by atoms with Crippen LogP contribution in [-0.2, 0) is 4.79 Å². The molecule has 7 nitrogen and oxygen atoms in total. The Kier molecular flexibility index (Phi) is 5.56. The van der Waals surface area contributed by atoms with Crippen molar-refractivity contribution in [3.63, 3.8) is 0 Å². The highest BCUT2D eigenvalue weighted by Gasteiger charge is 2.18. The van der Waals surface area contributed by atoms with Crippen LogP contribution in [0, 0.1) is 5.82 Å². The van der Waals surface area contributed by atoms with Gasteiger partial charge in [-0.3, -0.25) is 9.59 Å². The van der Waals surface area contributed by atoms with Crippen molar-refractivity contribution < 1.29 is 9.18 Å². The zero-order chi connectivity index (χ0) is 21.3. The Morgan fingerprint density at radius 2 is 2.07 bits per heavy atom. The van der Waals surface area contributed by atoms with E-state index in [1.165, 1.54) is 29.1 Å². The van der Waals surface area contributed by atoms with Crippen LogP contribution >= 0.6 is 23.4 Å². The Balaban J connectivity index is 1.60. The first kappa shape index (κ1) is 20.1. The lowest BCUT2D eigenvalue weighted by molar-refractivity contribution is -0.115. The molecule has 0 aliphatic heterocycles. The fourth-order valence-electron chi connectivity index (χ4n) is 2.78. The average molecular weight is 444 g/mol. The zero-order valence-corrected chi connectivity index (χ0v) is 17.2. The second-order valence-corrected chi connectivity index (χ2v) is 8.17. The summed E-state index contributed by atoms with van der Waals surface area (Å²) in [5.41, 5.74) is 0.988. The van der Waals surface area contributed by atoms with Crippen molar-refractivity contribution in [1.29, 1.82) is 0 Å². The molecule has 10 heteroatoms. The smallest absolute Gasteiger partial charge is 0.262 e. The lowest BCUT2D eigenvalue weighted by atomic mass is 10.3. The van der Waals surface area contributed by atoms with Crippen LogP contribution in [0.25, 0.3) is 16.7 Å². The number of fused-ring (bicyclic) bond motifs is 1. The minimum atomic E-state index is -0.601. The summed E-state index contributed by atoms with van der Waals surface area (Å²) >= 11 is 7.13. The number of rotatable bonds is 5. The number of hydrogen-bond acceptors (Lipinski definition) is 5. The number of carbonyl (C=O) groups excluding carboxylic acids is 1. The van der Waals surface area contributed by atoms with Crippen LogP contribution in [0.15, 0.2) is 64.7 Å². The van der Waals surface area contributed by atoms with Crippen molar-refractivity contribution >= 4 is 46.0 Å². The number of hydrogen-bond donors (Lipinski definition) is 2. The fourth-order valence-corrected chi connectivity index (χ4v) is 3.76. The maximum Gasteiger partial charge on any atom is 0.262 e. The van der Waals surface area contributed by atoms with Crippen LogP contribution in [0.4, 0.5) is 10.1 Å². The molecule has 0 unspecified atom stereocenters. The number of amides is 1. The summed E-state index contributed by atoms with van der Waals surface area (Å²) in [6, 6.07) is 12.6. The van der Waals surface area contributed by atoms with Gasteiger partial charge in [0.25, 0.3) is 5.56 Å². The molecule has 2 N–H and O–H groups in total. The molecule has 0 fully saturated rings. The van der Waals surface area contributed by atoms with Gasteiger partial charge in [-0.2, -0.15) is 5.10 Å². The molecule has 0 radical (unpaired) electrons. The summed E-state index contributed by atoms with van der Waals surface area (Å²) in [6.45, 7) is 1.66. The van der Waals surface area contributed by atoms with E-state index in [2.05, 4.69) is 20.4 Å². The van der Waals surface area contributed by atoms with E-state index in [1.807, 2.05) is 0 Å². The van der Waals surface area contributed by atoms with Gasteiger partial charge in [0.15, 0.2) is 10.8 Å². The van der Waals surface area contributed by atoms with Crippen molar-refractivity contribution in [2.24, 2.45) is 0 Å². The average Bonchev–Trinajstić information content (AvgIpc) is 3.12. The molecule has 1 atom stereocenters. The summed E-state index contributed by atoms with van der Waals surface area (Å²) in [5, 5.41) is 7.38.